The lowest BCUT2D eigenvalue weighted by molar-refractivity contribution is 0.155. The third-order valence-corrected chi connectivity index (χ3v) is 2.77. The van der Waals surface area contributed by atoms with E-state index in [0.717, 1.165) is 12.6 Å². The van der Waals surface area contributed by atoms with Gasteiger partial charge in [-0.2, -0.15) is 0 Å². The molecule has 0 atom stereocenters. The summed E-state index contributed by atoms with van der Waals surface area (Å²) in [4.78, 5) is 4.32. The van der Waals surface area contributed by atoms with Crippen molar-refractivity contribution in [2.75, 3.05) is 32.8 Å². The van der Waals surface area contributed by atoms with Gasteiger partial charge in [-0.1, -0.05) is 12.1 Å². The molecule has 0 aliphatic heterocycles. The molecule has 4 nitrogen and oxygen atoms in total. The van der Waals surface area contributed by atoms with Gasteiger partial charge >= 0.3 is 0 Å². The van der Waals surface area contributed by atoms with Crippen LogP contribution >= 0.6 is 24.0 Å². The summed E-state index contributed by atoms with van der Waals surface area (Å²) >= 11 is 0. The molecule has 0 aliphatic rings. The zero-order valence-electron chi connectivity index (χ0n) is 13.0. The molecule has 126 valence electrons. The molecule has 0 heterocycles. The zero-order valence-corrected chi connectivity index (χ0v) is 15.3. The third kappa shape index (κ3) is 7.88. The lowest BCUT2D eigenvalue weighted by atomic mass is 10.1. The van der Waals surface area contributed by atoms with E-state index in [2.05, 4.69) is 15.6 Å². The molecule has 0 unspecified atom stereocenters. The largest absolute Gasteiger partial charge is 0.380 e. The minimum absolute atomic E-state index is 0. The maximum atomic E-state index is 13.5. The van der Waals surface area contributed by atoms with E-state index in [1.807, 2.05) is 13.8 Å². The fraction of sp³-hybridized carbons (Fsp3) is 0.533. The first-order chi connectivity index (χ1) is 10.2. The summed E-state index contributed by atoms with van der Waals surface area (Å²) in [6.07, 6.45) is 0.388. The fourth-order valence-electron chi connectivity index (χ4n) is 1.77. The van der Waals surface area contributed by atoms with Crippen LogP contribution in [0.5, 0.6) is 0 Å². The Bertz CT molecular complexity index is 458. The number of rotatable bonds is 8. The van der Waals surface area contributed by atoms with Crippen LogP contribution in [-0.2, 0) is 11.2 Å². The van der Waals surface area contributed by atoms with Crippen LogP contribution in [0.15, 0.2) is 23.2 Å². The molecule has 0 aromatic heterocycles. The van der Waals surface area contributed by atoms with Gasteiger partial charge < -0.3 is 15.4 Å². The standard InChI is InChI=1S/C15H23F2N3O.HI/c1-3-18-15(20-10-11-21-4-2)19-9-8-12-6-5-7-13(16)14(12)17;/h5-7H,3-4,8-11H2,1-2H3,(H2,18,19,20);1H. The van der Waals surface area contributed by atoms with E-state index in [1.165, 1.54) is 6.07 Å². The number of aliphatic imine (C=N–C) groups is 1. The van der Waals surface area contributed by atoms with E-state index >= 15 is 0 Å². The van der Waals surface area contributed by atoms with Crippen LogP contribution in [0.3, 0.4) is 0 Å². The van der Waals surface area contributed by atoms with E-state index in [1.54, 1.807) is 6.07 Å². The number of benzene rings is 1. The van der Waals surface area contributed by atoms with Crippen molar-refractivity contribution in [1.82, 2.24) is 10.6 Å². The quantitative estimate of drug-likeness (QED) is 0.290. The molecule has 7 heteroatoms. The van der Waals surface area contributed by atoms with Crippen molar-refractivity contribution in [3.8, 4) is 0 Å². The third-order valence-electron chi connectivity index (χ3n) is 2.77. The van der Waals surface area contributed by atoms with Crippen LogP contribution in [0.2, 0.25) is 0 Å². The van der Waals surface area contributed by atoms with E-state index < -0.39 is 11.6 Å². The van der Waals surface area contributed by atoms with Crippen molar-refractivity contribution in [2.45, 2.75) is 20.3 Å². The predicted molar refractivity (Wildman–Crippen MR) is 96.0 cm³/mol. The summed E-state index contributed by atoms with van der Waals surface area (Å²) in [5.74, 6) is -0.948. The Morgan fingerprint density at radius 1 is 1.23 bits per heavy atom. The normalized spacial score (nSPS) is 11.0. The van der Waals surface area contributed by atoms with Gasteiger partial charge in [-0.05, 0) is 31.9 Å². The molecular formula is C15H24F2IN3O. The Hall–Kier alpha value is -0.960. The average Bonchev–Trinajstić information content (AvgIpc) is 2.48. The highest BCUT2D eigenvalue weighted by molar-refractivity contribution is 14.0. The first-order valence-corrected chi connectivity index (χ1v) is 7.21. The van der Waals surface area contributed by atoms with E-state index in [0.29, 0.717) is 44.2 Å². The number of nitrogens with zero attached hydrogens (tertiary/aromatic N) is 1. The molecule has 22 heavy (non-hydrogen) atoms. The number of nitrogens with one attached hydrogen (secondary N) is 2. The molecule has 0 aliphatic carbocycles. The number of halogens is 3. The summed E-state index contributed by atoms with van der Waals surface area (Å²) < 4.78 is 31.8. The number of hydrogen-bond acceptors (Lipinski definition) is 2. The molecule has 0 saturated carbocycles. The number of ether oxygens (including phenoxy) is 1. The minimum Gasteiger partial charge on any atom is -0.380 e. The molecule has 0 fully saturated rings. The summed E-state index contributed by atoms with van der Waals surface area (Å²) in [5.41, 5.74) is 0.354. The van der Waals surface area contributed by atoms with Crippen LogP contribution in [-0.4, -0.2) is 38.8 Å². The van der Waals surface area contributed by atoms with Crippen molar-refractivity contribution in [3.63, 3.8) is 0 Å². The monoisotopic (exact) mass is 427 g/mol. The van der Waals surface area contributed by atoms with Gasteiger partial charge in [0.15, 0.2) is 17.6 Å². The second kappa shape index (κ2) is 12.6. The number of guanidine groups is 1. The summed E-state index contributed by atoms with van der Waals surface area (Å²) in [6, 6.07) is 4.21. The number of hydrogen-bond donors (Lipinski definition) is 2. The average molecular weight is 427 g/mol. The molecule has 1 rings (SSSR count). The van der Waals surface area contributed by atoms with Crippen molar-refractivity contribution in [3.05, 3.63) is 35.4 Å². The first-order valence-electron chi connectivity index (χ1n) is 7.21. The second-order valence-corrected chi connectivity index (χ2v) is 4.35. The molecule has 1 aromatic carbocycles. The Kier molecular flexibility index (Phi) is 12.0. The first kappa shape index (κ1) is 21.0. The van der Waals surface area contributed by atoms with Gasteiger partial charge in [0.2, 0.25) is 0 Å². The highest BCUT2D eigenvalue weighted by atomic mass is 127. The van der Waals surface area contributed by atoms with Gasteiger partial charge in [-0.25, -0.2) is 8.78 Å². The van der Waals surface area contributed by atoms with Crippen LogP contribution in [0.1, 0.15) is 19.4 Å². The van der Waals surface area contributed by atoms with Crippen molar-refractivity contribution < 1.29 is 13.5 Å². The molecule has 0 spiro atoms. The van der Waals surface area contributed by atoms with Gasteiger partial charge in [0.25, 0.3) is 0 Å². The van der Waals surface area contributed by atoms with Gasteiger partial charge in [0.1, 0.15) is 0 Å². The van der Waals surface area contributed by atoms with Gasteiger partial charge in [0, 0.05) is 19.7 Å². The molecule has 0 bridgehead atoms. The molecular weight excluding hydrogens is 403 g/mol. The lowest BCUT2D eigenvalue weighted by Crippen LogP contribution is -2.38. The summed E-state index contributed by atoms with van der Waals surface area (Å²) in [7, 11) is 0. The van der Waals surface area contributed by atoms with Crippen LogP contribution in [0, 0.1) is 11.6 Å². The topological polar surface area (TPSA) is 45.7 Å². The lowest BCUT2D eigenvalue weighted by Gasteiger charge is -2.11. The Morgan fingerprint density at radius 2 is 2.00 bits per heavy atom. The van der Waals surface area contributed by atoms with Gasteiger partial charge in [-0.3, -0.25) is 4.99 Å². The van der Waals surface area contributed by atoms with Crippen LogP contribution in [0.4, 0.5) is 8.78 Å². The Labute approximate surface area is 147 Å². The maximum Gasteiger partial charge on any atom is 0.191 e. The van der Waals surface area contributed by atoms with E-state index in [9.17, 15) is 8.78 Å². The second-order valence-electron chi connectivity index (χ2n) is 4.35. The van der Waals surface area contributed by atoms with E-state index in [-0.39, 0.29) is 24.0 Å². The Balaban J connectivity index is 0.00000441. The zero-order chi connectivity index (χ0) is 15.5. The van der Waals surface area contributed by atoms with Crippen LogP contribution in [0.25, 0.3) is 0 Å². The molecule has 0 radical (unpaired) electrons. The summed E-state index contributed by atoms with van der Waals surface area (Å²) in [6.45, 7) is 6.88. The maximum absolute atomic E-state index is 13.5. The highest BCUT2D eigenvalue weighted by Crippen LogP contribution is 2.11. The minimum atomic E-state index is -0.815. The molecule has 0 amide bonds. The van der Waals surface area contributed by atoms with Crippen molar-refractivity contribution >= 4 is 29.9 Å². The highest BCUT2D eigenvalue weighted by Gasteiger charge is 2.07. The predicted octanol–water partition coefficient (Wildman–Crippen LogP) is 2.72. The fourth-order valence-corrected chi connectivity index (χ4v) is 1.77. The van der Waals surface area contributed by atoms with Crippen LogP contribution < -0.4 is 10.6 Å². The van der Waals surface area contributed by atoms with Crippen molar-refractivity contribution in [2.24, 2.45) is 4.99 Å². The molecule has 1 aromatic rings. The molecule has 2 N–H and O–H groups in total. The Morgan fingerprint density at radius 3 is 2.68 bits per heavy atom. The van der Waals surface area contributed by atoms with Gasteiger partial charge in [-0.15, -0.1) is 24.0 Å². The molecule has 0 saturated heterocycles. The summed E-state index contributed by atoms with van der Waals surface area (Å²) in [5, 5.41) is 6.17. The van der Waals surface area contributed by atoms with Crippen molar-refractivity contribution in [1.29, 1.82) is 0 Å². The van der Waals surface area contributed by atoms with E-state index in [4.69, 9.17) is 4.74 Å². The van der Waals surface area contributed by atoms with Gasteiger partial charge in [0.05, 0.1) is 13.2 Å². The SMILES string of the molecule is CCNC(=NCCOCC)NCCc1cccc(F)c1F.I. The smallest absolute Gasteiger partial charge is 0.191 e.